The van der Waals surface area contributed by atoms with Crippen LogP contribution < -0.4 is 0 Å². The predicted octanol–water partition coefficient (Wildman–Crippen LogP) is 11.2. The number of hydrogen-bond donors (Lipinski definition) is 0. The van der Waals surface area contributed by atoms with Crippen LogP contribution >= 0.6 is 0 Å². The molecule has 0 saturated heterocycles. The molecule has 44 heavy (non-hydrogen) atoms. The molecule has 224 valence electrons. The average molecular weight is 656 g/mol. The Kier molecular flexibility index (Phi) is 8.58. The summed E-state index contributed by atoms with van der Waals surface area (Å²) < 4.78 is 2.85. The molecular weight excluding hydrogens is 608 g/mol. The third-order valence-corrected chi connectivity index (χ3v) is 18.3. The van der Waals surface area contributed by atoms with Crippen molar-refractivity contribution in [1.29, 1.82) is 0 Å². The van der Waals surface area contributed by atoms with Gasteiger partial charge in [0.15, 0.2) is 0 Å². The second-order valence-electron chi connectivity index (χ2n) is 15.1. The van der Waals surface area contributed by atoms with E-state index in [9.17, 15) is 0 Å². The number of allylic oxidation sites excluding steroid dienone is 4. The van der Waals surface area contributed by atoms with Crippen LogP contribution in [0.2, 0.25) is 3.63 Å². The quantitative estimate of drug-likeness (QED) is 0.194. The zero-order valence-electron chi connectivity index (χ0n) is 28.0. The molecule has 0 heterocycles. The first-order chi connectivity index (χ1) is 20.9. The van der Waals surface area contributed by atoms with Crippen molar-refractivity contribution in [1.82, 2.24) is 0 Å². The van der Waals surface area contributed by atoms with Crippen molar-refractivity contribution in [3.8, 4) is 11.1 Å². The molecule has 0 bridgehead atoms. The summed E-state index contributed by atoms with van der Waals surface area (Å²) >= 11 is -2.52. The van der Waals surface area contributed by atoms with Gasteiger partial charge in [-0.15, -0.1) is 0 Å². The van der Waals surface area contributed by atoms with E-state index in [2.05, 4.69) is 165 Å². The standard InChI is InChI=1S/C23H29.C15H14.C5H5.Zr/c1-14-9-16-11-17-10-15(2)21(23(6,7)8)13-19(17)18(16)12-20(14)22(3,4)5;1-3-8-14(9-4-1)12-7-13-15-10-5-2-6-11-15;1-2-4-5-3-1;/h9-13H,1-8H3;1-6,8-11H,12-13H2;1-5H;. The molecule has 0 spiro atoms. The molecule has 0 atom stereocenters. The van der Waals surface area contributed by atoms with E-state index in [4.69, 9.17) is 0 Å². The summed E-state index contributed by atoms with van der Waals surface area (Å²) in [6.07, 6.45) is 11.8. The van der Waals surface area contributed by atoms with Crippen molar-refractivity contribution in [2.45, 2.75) is 86.3 Å². The molecule has 2 aliphatic rings. The summed E-state index contributed by atoms with van der Waals surface area (Å²) in [5.41, 5.74) is 15.1. The number of hydrogen-bond acceptors (Lipinski definition) is 0. The molecule has 0 saturated carbocycles. The fourth-order valence-electron chi connectivity index (χ4n) is 7.75. The molecule has 0 aliphatic heterocycles. The Morgan fingerprint density at radius 3 is 1.39 bits per heavy atom. The maximum atomic E-state index is 2.61. The normalized spacial score (nSPS) is 14.6. The van der Waals surface area contributed by atoms with Crippen LogP contribution in [0.3, 0.4) is 0 Å². The van der Waals surface area contributed by atoms with Crippen LogP contribution in [0.5, 0.6) is 0 Å². The SMILES string of the molecule is Cc1cc2c(cc1C(C)(C)C)-c1cc(C(C)(C)C)c(C)cc1[CH]2[Zr](=[C](Cc1ccccc1)Cc1ccccc1)[CH]1C=CC=C1. The maximum absolute atomic E-state index is 2.61. The molecule has 0 N–H and O–H groups in total. The van der Waals surface area contributed by atoms with E-state index in [0.717, 1.165) is 12.8 Å². The summed E-state index contributed by atoms with van der Waals surface area (Å²) in [6, 6.07) is 32.9. The van der Waals surface area contributed by atoms with Crippen molar-refractivity contribution >= 4 is 3.21 Å². The van der Waals surface area contributed by atoms with Gasteiger partial charge in [0.25, 0.3) is 0 Å². The zero-order valence-corrected chi connectivity index (χ0v) is 30.4. The van der Waals surface area contributed by atoms with Gasteiger partial charge in [-0.05, 0) is 0 Å². The molecule has 0 fully saturated rings. The Hall–Kier alpha value is -2.89. The minimum absolute atomic E-state index is 0.103. The van der Waals surface area contributed by atoms with E-state index < -0.39 is 21.3 Å². The third-order valence-electron chi connectivity index (χ3n) is 9.67. The van der Waals surface area contributed by atoms with Gasteiger partial charge in [-0.1, -0.05) is 0 Å². The van der Waals surface area contributed by atoms with Crippen molar-refractivity contribution in [2.75, 3.05) is 0 Å². The van der Waals surface area contributed by atoms with Crippen molar-refractivity contribution in [2.24, 2.45) is 0 Å². The minimum atomic E-state index is -2.52. The molecule has 0 amide bonds. The molecule has 0 unspecified atom stereocenters. The van der Waals surface area contributed by atoms with Crippen LogP contribution in [0, 0.1) is 13.8 Å². The molecule has 0 radical (unpaired) electrons. The van der Waals surface area contributed by atoms with Crippen molar-refractivity contribution in [3.05, 3.63) is 154 Å². The van der Waals surface area contributed by atoms with Crippen LogP contribution in [0.4, 0.5) is 0 Å². The number of aryl methyl sites for hydroxylation is 2. The molecule has 2 aliphatic carbocycles. The first-order valence-corrected chi connectivity index (χ1v) is 20.4. The summed E-state index contributed by atoms with van der Waals surface area (Å²) in [5, 5.41) is 0. The van der Waals surface area contributed by atoms with E-state index >= 15 is 0 Å². The Labute approximate surface area is 274 Å². The predicted molar refractivity (Wildman–Crippen MR) is 188 cm³/mol. The first kappa shape index (κ1) is 31.1. The molecule has 4 aromatic rings. The van der Waals surface area contributed by atoms with Gasteiger partial charge in [-0.25, -0.2) is 0 Å². The van der Waals surface area contributed by atoms with Gasteiger partial charge in [-0.2, -0.15) is 0 Å². The van der Waals surface area contributed by atoms with E-state index in [1.54, 1.807) is 11.1 Å². The van der Waals surface area contributed by atoms with Crippen LogP contribution in [0.25, 0.3) is 11.1 Å². The zero-order chi connectivity index (χ0) is 31.2. The fourth-order valence-corrected chi connectivity index (χ4v) is 17.2. The Morgan fingerprint density at radius 2 is 1.00 bits per heavy atom. The van der Waals surface area contributed by atoms with Crippen molar-refractivity contribution in [3.63, 3.8) is 0 Å². The molecule has 1 heteroatoms. The monoisotopic (exact) mass is 654 g/mol. The Bertz CT molecular complexity index is 1640. The second-order valence-corrected chi connectivity index (χ2v) is 22.2. The molecular formula is C43H48Zr. The first-order valence-electron chi connectivity index (χ1n) is 16.4. The van der Waals surface area contributed by atoms with E-state index in [-0.39, 0.29) is 10.8 Å². The van der Waals surface area contributed by atoms with E-state index in [0.29, 0.717) is 7.25 Å². The number of benzene rings is 4. The number of fused-ring (bicyclic) bond motifs is 3. The summed E-state index contributed by atoms with van der Waals surface area (Å²) in [6.45, 7) is 18.9. The molecule has 0 nitrogen and oxygen atoms in total. The molecule has 4 aromatic carbocycles. The number of rotatable bonds is 6. The van der Waals surface area contributed by atoms with E-state index in [1.807, 2.05) is 3.21 Å². The van der Waals surface area contributed by atoms with Crippen LogP contribution in [0.1, 0.15) is 89.7 Å². The van der Waals surface area contributed by atoms with Gasteiger partial charge in [-0.3, -0.25) is 0 Å². The summed E-state index contributed by atoms with van der Waals surface area (Å²) in [5.74, 6) is 0. The van der Waals surface area contributed by atoms with Gasteiger partial charge < -0.3 is 0 Å². The van der Waals surface area contributed by atoms with Crippen LogP contribution in [-0.2, 0) is 44.9 Å². The van der Waals surface area contributed by atoms with Crippen molar-refractivity contribution < 1.29 is 21.3 Å². The van der Waals surface area contributed by atoms with E-state index in [1.165, 1.54) is 44.5 Å². The second kappa shape index (κ2) is 12.1. The van der Waals surface area contributed by atoms with Gasteiger partial charge in [0.05, 0.1) is 0 Å². The summed E-state index contributed by atoms with van der Waals surface area (Å²) in [4.78, 5) is 0. The van der Waals surface area contributed by atoms with Crippen LogP contribution in [0.15, 0.2) is 109 Å². The fraction of sp³-hybridized carbons (Fsp3) is 0.326. The third kappa shape index (κ3) is 6.15. The van der Waals surface area contributed by atoms with Gasteiger partial charge in [0.2, 0.25) is 0 Å². The molecule has 0 aromatic heterocycles. The Balaban J connectivity index is 1.67. The summed E-state index contributed by atoms with van der Waals surface area (Å²) in [7, 11) is 0. The van der Waals surface area contributed by atoms with Gasteiger partial charge in [0.1, 0.15) is 0 Å². The van der Waals surface area contributed by atoms with Gasteiger partial charge in [0, 0.05) is 0 Å². The Morgan fingerprint density at radius 1 is 0.591 bits per heavy atom. The average Bonchev–Trinajstić information content (AvgIpc) is 3.59. The van der Waals surface area contributed by atoms with Gasteiger partial charge >= 0.3 is 276 Å². The topological polar surface area (TPSA) is 0 Å². The molecule has 6 rings (SSSR count). The van der Waals surface area contributed by atoms with Crippen LogP contribution in [-0.4, -0.2) is 3.21 Å².